The van der Waals surface area contributed by atoms with Crippen LogP contribution in [0.1, 0.15) is 20.8 Å². The van der Waals surface area contributed by atoms with Gasteiger partial charge in [0.1, 0.15) is 6.10 Å². The Morgan fingerprint density at radius 2 is 1.93 bits per heavy atom. The van der Waals surface area contributed by atoms with E-state index in [4.69, 9.17) is 0 Å². The Hall–Kier alpha value is -0.960. The average molecular weight is 202 g/mol. The number of halogens is 2. The number of allylic oxidation sites excluding steroid dienone is 4. The molecule has 0 saturated carbocycles. The van der Waals surface area contributed by atoms with Crippen molar-refractivity contribution in [1.82, 2.24) is 0 Å². The van der Waals surface area contributed by atoms with Crippen molar-refractivity contribution in [1.29, 1.82) is 0 Å². The van der Waals surface area contributed by atoms with Crippen molar-refractivity contribution in [2.45, 2.75) is 33.5 Å². The maximum Gasteiger partial charge on any atom is 0.346 e. The summed E-state index contributed by atoms with van der Waals surface area (Å²) in [6.07, 6.45) is 7.94. The predicted molar refractivity (Wildman–Crippen MR) is 54.3 cm³/mol. The Balaban J connectivity index is 0.000000791. The van der Waals surface area contributed by atoms with E-state index in [2.05, 4.69) is 4.74 Å². The monoisotopic (exact) mass is 202 g/mol. The Morgan fingerprint density at radius 1 is 1.29 bits per heavy atom. The van der Waals surface area contributed by atoms with Gasteiger partial charge in [0.2, 0.25) is 0 Å². The number of alkyl halides is 2. The van der Waals surface area contributed by atoms with Crippen LogP contribution in [0.5, 0.6) is 0 Å². The van der Waals surface area contributed by atoms with Crippen molar-refractivity contribution >= 4 is 0 Å². The highest BCUT2D eigenvalue weighted by Crippen LogP contribution is 2.10. The summed E-state index contributed by atoms with van der Waals surface area (Å²) in [6.45, 7) is 3.12. The molecular formula is C11H16F2O. The van der Waals surface area contributed by atoms with Crippen molar-refractivity contribution in [3.63, 3.8) is 0 Å². The van der Waals surface area contributed by atoms with E-state index in [1.54, 1.807) is 24.3 Å². The maximum absolute atomic E-state index is 11.8. The Labute approximate surface area is 83.8 Å². The second-order valence-corrected chi connectivity index (χ2v) is 2.52. The third-order valence-electron chi connectivity index (χ3n) is 1.46. The summed E-state index contributed by atoms with van der Waals surface area (Å²) in [5.41, 5.74) is 0.922. The normalized spacial score (nSPS) is 19.9. The van der Waals surface area contributed by atoms with Crippen LogP contribution in [0.4, 0.5) is 8.78 Å². The number of hydrogen-bond donors (Lipinski definition) is 0. The fraction of sp³-hybridized carbons (Fsp3) is 0.455. The SMILES string of the molecule is CC.CC1=CC(OC(F)F)C=CC=C1. The summed E-state index contributed by atoms with van der Waals surface area (Å²) in [6, 6.07) is 0. The lowest BCUT2D eigenvalue weighted by molar-refractivity contribution is -0.138. The van der Waals surface area contributed by atoms with Gasteiger partial charge in [-0.05, 0) is 13.0 Å². The lowest BCUT2D eigenvalue weighted by Crippen LogP contribution is -2.10. The Bertz CT molecular complexity index is 229. The van der Waals surface area contributed by atoms with Crippen LogP contribution >= 0.6 is 0 Å². The highest BCUT2D eigenvalue weighted by atomic mass is 19.3. The summed E-state index contributed by atoms with van der Waals surface area (Å²) in [5, 5.41) is 0. The number of hydrogen-bond acceptors (Lipinski definition) is 1. The van der Waals surface area contributed by atoms with Crippen LogP contribution in [0, 0.1) is 0 Å². The number of rotatable bonds is 2. The maximum atomic E-state index is 11.8. The van der Waals surface area contributed by atoms with Crippen LogP contribution in [-0.2, 0) is 4.74 Å². The summed E-state index contributed by atoms with van der Waals surface area (Å²) in [4.78, 5) is 0. The summed E-state index contributed by atoms with van der Waals surface area (Å²) in [5.74, 6) is 0. The molecule has 0 fully saturated rings. The molecule has 1 aliphatic rings. The molecule has 80 valence electrons. The van der Waals surface area contributed by atoms with Crippen LogP contribution in [0.3, 0.4) is 0 Å². The second kappa shape index (κ2) is 7.44. The zero-order valence-corrected chi connectivity index (χ0v) is 8.71. The van der Waals surface area contributed by atoms with Gasteiger partial charge < -0.3 is 4.74 Å². The molecule has 1 unspecified atom stereocenters. The molecule has 0 spiro atoms. The largest absolute Gasteiger partial charge is 0.346 e. The second-order valence-electron chi connectivity index (χ2n) is 2.52. The van der Waals surface area contributed by atoms with E-state index in [1.807, 2.05) is 26.8 Å². The van der Waals surface area contributed by atoms with Gasteiger partial charge in [0, 0.05) is 0 Å². The zero-order valence-electron chi connectivity index (χ0n) is 8.71. The molecule has 1 rings (SSSR count). The standard InChI is InChI=1S/C9H10F2O.C2H6/c1-7-4-2-3-5-8(6-7)12-9(10)11;1-2/h2-6,8-9H,1H3;1-2H3. The van der Waals surface area contributed by atoms with Gasteiger partial charge in [-0.25, -0.2) is 0 Å². The molecule has 1 atom stereocenters. The van der Waals surface area contributed by atoms with Crippen LogP contribution in [-0.4, -0.2) is 12.7 Å². The lowest BCUT2D eigenvalue weighted by Gasteiger charge is -2.08. The van der Waals surface area contributed by atoms with Gasteiger partial charge in [-0.15, -0.1) is 0 Å². The highest BCUT2D eigenvalue weighted by Gasteiger charge is 2.09. The topological polar surface area (TPSA) is 9.23 Å². The molecule has 3 heteroatoms. The molecule has 1 nitrogen and oxygen atoms in total. The molecule has 0 amide bonds. The molecule has 0 saturated heterocycles. The molecule has 0 aliphatic heterocycles. The van der Waals surface area contributed by atoms with Crippen LogP contribution in [0.2, 0.25) is 0 Å². The van der Waals surface area contributed by atoms with Gasteiger partial charge in [-0.2, -0.15) is 8.78 Å². The zero-order chi connectivity index (χ0) is 11.0. The van der Waals surface area contributed by atoms with E-state index in [-0.39, 0.29) is 0 Å². The summed E-state index contributed by atoms with van der Waals surface area (Å²) >= 11 is 0. The minimum atomic E-state index is -2.72. The molecular weight excluding hydrogens is 186 g/mol. The minimum Gasteiger partial charge on any atom is -0.311 e. The first-order valence-corrected chi connectivity index (χ1v) is 4.65. The first kappa shape index (κ1) is 13.0. The fourth-order valence-corrected chi connectivity index (χ4v) is 0.955. The van der Waals surface area contributed by atoms with Crippen LogP contribution in [0.15, 0.2) is 36.0 Å². The fourth-order valence-electron chi connectivity index (χ4n) is 0.955. The Morgan fingerprint density at radius 3 is 2.50 bits per heavy atom. The molecule has 0 aromatic rings. The summed E-state index contributed by atoms with van der Waals surface area (Å²) < 4.78 is 27.9. The molecule has 0 N–H and O–H groups in total. The first-order chi connectivity index (χ1) is 6.68. The van der Waals surface area contributed by atoms with E-state index in [9.17, 15) is 8.78 Å². The van der Waals surface area contributed by atoms with Crippen LogP contribution < -0.4 is 0 Å². The van der Waals surface area contributed by atoms with Crippen molar-refractivity contribution < 1.29 is 13.5 Å². The van der Waals surface area contributed by atoms with E-state index in [0.717, 1.165) is 5.57 Å². The predicted octanol–water partition coefficient (Wildman–Crippen LogP) is 3.69. The quantitative estimate of drug-likeness (QED) is 0.663. The van der Waals surface area contributed by atoms with Crippen LogP contribution in [0.25, 0.3) is 0 Å². The van der Waals surface area contributed by atoms with Gasteiger partial charge in [0.15, 0.2) is 0 Å². The molecule has 0 bridgehead atoms. The third-order valence-corrected chi connectivity index (χ3v) is 1.46. The van der Waals surface area contributed by atoms with Crippen molar-refractivity contribution in [3.05, 3.63) is 36.0 Å². The van der Waals surface area contributed by atoms with E-state index in [0.29, 0.717) is 0 Å². The highest BCUT2D eigenvalue weighted by molar-refractivity contribution is 5.27. The molecule has 0 radical (unpaired) electrons. The first-order valence-electron chi connectivity index (χ1n) is 4.65. The van der Waals surface area contributed by atoms with Gasteiger partial charge in [-0.3, -0.25) is 0 Å². The van der Waals surface area contributed by atoms with E-state index < -0.39 is 12.7 Å². The van der Waals surface area contributed by atoms with E-state index >= 15 is 0 Å². The molecule has 1 aliphatic carbocycles. The smallest absolute Gasteiger partial charge is 0.311 e. The lowest BCUT2D eigenvalue weighted by atomic mass is 10.2. The molecule has 0 aromatic heterocycles. The van der Waals surface area contributed by atoms with Crippen molar-refractivity contribution in [3.8, 4) is 0 Å². The van der Waals surface area contributed by atoms with Crippen molar-refractivity contribution in [2.75, 3.05) is 0 Å². The molecule has 0 aromatic carbocycles. The van der Waals surface area contributed by atoms with Gasteiger partial charge in [0.05, 0.1) is 0 Å². The molecule has 14 heavy (non-hydrogen) atoms. The molecule has 0 heterocycles. The summed E-state index contributed by atoms with van der Waals surface area (Å²) in [7, 11) is 0. The average Bonchev–Trinajstić information content (AvgIpc) is 2.32. The van der Waals surface area contributed by atoms with Gasteiger partial charge in [0.25, 0.3) is 0 Å². The van der Waals surface area contributed by atoms with Gasteiger partial charge >= 0.3 is 6.61 Å². The van der Waals surface area contributed by atoms with Crippen molar-refractivity contribution in [2.24, 2.45) is 0 Å². The number of ether oxygens (including phenoxy) is 1. The van der Waals surface area contributed by atoms with E-state index in [1.165, 1.54) is 0 Å². The Kier molecular flexibility index (Phi) is 6.93. The minimum absolute atomic E-state index is 0.611. The third kappa shape index (κ3) is 5.65. The van der Waals surface area contributed by atoms with Gasteiger partial charge in [-0.1, -0.05) is 43.7 Å².